The van der Waals surface area contributed by atoms with Crippen LogP contribution in [0.25, 0.3) is 0 Å². The van der Waals surface area contributed by atoms with Crippen molar-refractivity contribution >= 4 is 27.3 Å². The van der Waals surface area contributed by atoms with E-state index in [-0.39, 0.29) is 23.3 Å². The molecule has 4 N–H and O–H groups in total. The maximum Gasteiger partial charge on any atom is 0.170 e. The van der Waals surface area contributed by atoms with Crippen LogP contribution in [-0.4, -0.2) is 37.5 Å². The van der Waals surface area contributed by atoms with E-state index < -0.39 is 9.84 Å². The smallest absolute Gasteiger partial charge is 0.170 e. The number of rotatable bonds is 5. The Morgan fingerprint density at radius 2 is 2.29 bits per heavy atom. The summed E-state index contributed by atoms with van der Waals surface area (Å²) in [6, 6.07) is 5.15. The molecule has 21 heavy (non-hydrogen) atoms. The molecule has 116 valence electrons. The number of hydrogen-bond acceptors (Lipinski definition) is 5. The zero-order valence-corrected chi connectivity index (χ0v) is 13.0. The van der Waals surface area contributed by atoms with Crippen LogP contribution in [0, 0.1) is 5.92 Å². The van der Waals surface area contributed by atoms with Crippen LogP contribution in [0.4, 0.5) is 0 Å². The molecule has 0 radical (unpaired) electrons. The van der Waals surface area contributed by atoms with Crippen LogP contribution < -0.4 is 11.1 Å². The molecule has 6 nitrogen and oxygen atoms in total. The van der Waals surface area contributed by atoms with Crippen molar-refractivity contribution in [3.8, 4) is 0 Å². The van der Waals surface area contributed by atoms with Gasteiger partial charge in [-0.05, 0) is 30.5 Å². The van der Waals surface area contributed by atoms with Gasteiger partial charge in [0.25, 0.3) is 0 Å². The standard InChI is InChI=1S/C13H18ClN3O3S/c14-12-5-10(13(15)17-18)1-2-11(12)7-16-6-9-3-4-21(19,20)8-9/h1-2,5,9,16,18H,3-4,6-8H2,(H2,15,17). The first-order valence-electron chi connectivity index (χ1n) is 6.59. The number of nitrogens with zero attached hydrogens (tertiary/aromatic N) is 1. The molecule has 1 heterocycles. The van der Waals surface area contributed by atoms with Crippen molar-refractivity contribution in [2.75, 3.05) is 18.1 Å². The van der Waals surface area contributed by atoms with E-state index in [1.165, 1.54) is 0 Å². The number of sulfone groups is 1. The fraction of sp³-hybridized carbons (Fsp3) is 0.462. The Morgan fingerprint density at radius 1 is 1.52 bits per heavy atom. The molecule has 1 unspecified atom stereocenters. The highest BCUT2D eigenvalue weighted by Gasteiger charge is 2.27. The summed E-state index contributed by atoms with van der Waals surface area (Å²) in [4.78, 5) is 0. The number of nitrogens with one attached hydrogen (secondary N) is 1. The predicted octanol–water partition coefficient (Wildman–Crippen LogP) is 0.959. The number of amidine groups is 1. The lowest BCUT2D eigenvalue weighted by Gasteiger charge is -2.11. The Bertz CT molecular complexity index is 646. The van der Waals surface area contributed by atoms with Gasteiger partial charge >= 0.3 is 0 Å². The number of hydrogen-bond donors (Lipinski definition) is 3. The summed E-state index contributed by atoms with van der Waals surface area (Å²) in [6.07, 6.45) is 0.714. The third kappa shape index (κ3) is 4.33. The minimum absolute atomic E-state index is 0.00701. The minimum Gasteiger partial charge on any atom is -0.409 e. The van der Waals surface area contributed by atoms with Gasteiger partial charge in [-0.15, -0.1) is 0 Å². The van der Waals surface area contributed by atoms with E-state index in [2.05, 4.69) is 10.5 Å². The second-order valence-electron chi connectivity index (χ2n) is 5.19. The highest BCUT2D eigenvalue weighted by atomic mass is 35.5. The van der Waals surface area contributed by atoms with Gasteiger partial charge in [-0.3, -0.25) is 0 Å². The van der Waals surface area contributed by atoms with Crippen LogP contribution in [0.2, 0.25) is 5.02 Å². The van der Waals surface area contributed by atoms with Gasteiger partial charge in [-0.2, -0.15) is 0 Å². The molecule has 0 aliphatic carbocycles. The van der Waals surface area contributed by atoms with E-state index >= 15 is 0 Å². The number of nitrogens with two attached hydrogens (primary N) is 1. The van der Waals surface area contributed by atoms with Crippen LogP contribution in [0.15, 0.2) is 23.4 Å². The lowest BCUT2D eigenvalue weighted by atomic mass is 10.1. The lowest BCUT2D eigenvalue weighted by Crippen LogP contribution is -2.23. The van der Waals surface area contributed by atoms with Crippen LogP contribution in [-0.2, 0) is 16.4 Å². The molecule has 1 atom stereocenters. The predicted molar refractivity (Wildman–Crippen MR) is 82.4 cm³/mol. The number of benzene rings is 1. The molecular formula is C13H18ClN3O3S. The summed E-state index contributed by atoms with van der Waals surface area (Å²) in [5, 5.41) is 15.3. The Morgan fingerprint density at radius 3 is 2.86 bits per heavy atom. The molecular weight excluding hydrogens is 314 g/mol. The Hall–Kier alpha value is -1.31. The quantitative estimate of drug-likeness (QED) is 0.322. The van der Waals surface area contributed by atoms with Gasteiger partial charge in [0.1, 0.15) is 0 Å². The average Bonchev–Trinajstić information content (AvgIpc) is 2.79. The first-order valence-corrected chi connectivity index (χ1v) is 8.78. The molecule has 8 heteroatoms. The van der Waals surface area contributed by atoms with Gasteiger partial charge < -0.3 is 16.3 Å². The maximum atomic E-state index is 11.4. The van der Waals surface area contributed by atoms with Crippen molar-refractivity contribution in [2.45, 2.75) is 13.0 Å². The largest absolute Gasteiger partial charge is 0.409 e. The van der Waals surface area contributed by atoms with E-state index in [1.54, 1.807) is 18.2 Å². The normalized spacial score (nSPS) is 21.6. The van der Waals surface area contributed by atoms with Crippen molar-refractivity contribution < 1.29 is 13.6 Å². The van der Waals surface area contributed by atoms with Crippen molar-refractivity contribution in [3.63, 3.8) is 0 Å². The third-order valence-corrected chi connectivity index (χ3v) is 5.72. The van der Waals surface area contributed by atoms with E-state index in [0.717, 1.165) is 5.56 Å². The summed E-state index contributed by atoms with van der Waals surface area (Å²) in [5.41, 5.74) is 6.92. The van der Waals surface area contributed by atoms with Crippen LogP contribution >= 0.6 is 11.6 Å². The van der Waals surface area contributed by atoms with E-state index in [9.17, 15) is 8.42 Å². The summed E-state index contributed by atoms with van der Waals surface area (Å²) >= 11 is 6.14. The molecule has 1 aliphatic rings. The zero-order chi connectivity index (χ0) is 15.5. The molecule has 1 saturated heterocycles. The number of halogens is 1. The Kier molecular flexibility index (Phi) is 5.08. The van der Waals surface area contributed by atoms with Crippen molar-refractivity contribution in [2.24, 2.45) is 16.8 Å². The summed E-state index contributed by atoms with van der Waals surface area (Å²) in [7, 11) is -2.83. The molecule has 1 fully saturated rings. The third-order valence-electron chi connectivity index (χ3n) is 3.53. The number of oxime groups is 1. The van der Waals surface area contributed by atoms with Crippen LogP contribution in [0.1, 0.15) is 17.5 Å². The van der Waals surface area contributed by atoms with E-state index in [1.807, 2.05) is 0 Å². The maximum absolute atomic E-state index is 11.4. The topological polar surface area (TPSA) is 105 Å². The second kappa shape index (κ2) is 6.64. The Labute approximate surface area is 128 Å². The zero-order valence-electron chi connectivity index (χ0n) is 11.4. The van der Waals surface area contributed by atoms with Crippen molar-refractivity contribution in [1.29, 1.82) is 0 Å². The SMILES string of the molecule is N/C(=N/O)c1ccc(CNCC2CCS(=O)(=O)C2)c(Cl)c1. The Balaban J connectivity index is 1.89. The minimum atomic E-state index is -2.83. The highest BCUT2D eigenvalue weighted by Crippen LogP contribution is 2.20. The van der Waals surface area contributed by atoms with E-state index in [0.29, 0.717) is 30.1 Å². The first-order chi connectivity index (χ1) is 9.91. The monoisotopic (exact) mass is 331 g/mol. The molecule has 1 aliphatic heterocycles. The molecule has 1 aromatic rings. The summed E-state index contributed by atoms with van der Waals surface area (Å²) < 4.78 is 22.7. The molecule has 0 bridgehead atoms. The van der Waals surface area contributed by atoms with Crippen molar-refractivity contribution in [1.82, 2.24) is 5.32 Å². The lowest BCUT2D eigenvalue weighted by molar-refractivity contribution is 0.318. The molecule has 1 aromatic carbocycles. The van der Waals surface area contributed by atoms with Crippen molar-refractivity contribution in [3.05, 3.63) is 34.3 Å². The summed E-state index contributed by atoms with van der Waals surface area (Å²) in [6.45, 7) is 1.20. The fourth-order valence-corrected chi connectivity index (χ4v) is 4.46. The van der Waals surface area contributed by atoms with Gasteiger partial charge in [0.2, 0.25) is 0 Å². The van der Waals surface area contributed by atoms with Crippen LogP contribution in [0.5, 0.6) is 0 Å². The van der Waals surface area contributed by atoms with Crippen LogP contribution in [0.3, 0.4) is 0 Å². The average molecular weight is 332 g/mol. The summed E-state index contributed by atoms with van der Waals surface area (Å²) in [5.74, 6) is 0.725. The molecule has 0 saturated carbocycles. The molecule has 0 amide bonds. The van der Waals surface area contributed by atoms with E-state index in [4.69, 9.17) is 22.5 Å². The first kappa shape index (κ1) is 16.1. The van der Waals surface area contributed by atoms with Gasteiger partial charge in [0, 0.05) is 17.1 Å². The highest BCUT2D eigenvalue weighted by molar-refractivity contribution is 7.91. The molecule has 0 spiro atoms. The molecule has 0 aromatic heterocycles. The van der Waals surface area contributed by atoms with Gasteiger partial charge in [0.15, 0.2) is 15.7 Å². The van der Waals surface area contributed by atoms with Gasteiger partial charge in [-0.1, -0.05) is 28.9 Å². The molecule has 2 rings (SSSR count). The fourth-order valence-electron chi connectivity index (χ4n) is 2.35. The van der Waals surface area contributed by atoms with Gasteiger partial charge in [0.05, 0.1) is 11.5 Å². The second-order valence-corrected chi connectivity index (χ2v) is 7.83. The van der Waals surface area contributed by atoms with Gasteiger partial charge in [-0.25, -0.2) is 8.42 Å².